The minimum Gasteiger partial charge on any atom is -0.381 e. The van der Waals surface area contributed by atoms with Crippen LogP contribution in [0.5, 0.6) is 0 Å². The van der Waals surface area contributed by atoms with Crippen LogP contribution in [-0.4, -0.2) is 6.04 Å². The lowest BCUT2D eigenvalue weighted by Gasteiger charge is -2.16. The summed E-state index contributed by atoms with van der Waals surface area (Å²) in [5, 5.41) is 4.22. The number of nitrogens with one attached hydrogen (secondary N) is 1. The van der Waals surface area contributed by atoms with Crippen LogP contribution in [0.3, 0.4) is 0 Å². The second kappa shape index (κ2) is 6.97. The third-order valence-electron chi connectivity index (χ3n) is 3.04. The third-order valence-corrected chi connectivity index (χ3v) is 3.86. The van der Waals surface area contributed by atoms with Gasteiger partial charge in [0.2, 0.25) is 0 Å². The highest BCUT2D eigenvalue weighted by Gasteiger charge is 2.06. The van der Waals surface area contributed by atoms with Crippen LogP contribution in [0.15, 0.2) is 53.0 Å². The smallest absolute Gasteiger partial charge is 0.0638 e. The maximum Gasteiger partial charge on any atom is 0.0638 e. The molecule has 100 valence electrons. The lowest BCUT2D eigenvalue weighted by Crippen LogP contribution is -2.16. The van der Waals surface area contributed by atoms with Crippen LogP contribution in [0.25, 0.3) is 0 Å². The standard InChI is InChI=1S/C16H17BrClN/c1-12(7-8-13-5-3-2-4-6-13)19-16-11-14(17)9-10-15(16)18/h2-6,9-12,19H,7-8H2,1H3. The maximum atomic E-state index is 6.17. The molecule has 2 rings (SSSR count). The summed E-state index contributed by atoms with van der Waals surface area (Å²) in [4.78, 5) is 0. The zero-order chi connectivity index (χ0) is 13.7. The topological polar surface area (TPSA) is 12.0 Å². The number of hydrogen-bond donors (Lipinski definition) is 1. The van der Waals surface area contributed by atoms with Crippen LogP contribution in [0.4, 0.5) is 5.69 Å². The Labute approximate surface area is 128 Å². The first-order valence-electron chi connectivity index (χ1n) is 6.40. The molecule has 1 unspecified atom stereocenters. The Balaban J connectivity index is 1.90. The second-order valence-corrected chi connectivity index (χ2v) is 6.02. The average Bonchev–Trinajstić information content (AvgIpc) is 2.42. The Bertz CT molecular complexity index is 528. The van der Waals surface area contributed by atoms with E-state index in [0.29, 0.717) is 6.04 Å². The van der Waals surface area contributed by atoms with E-state index in [2.05, 4.69) is 52.4 Å². The highest BCUT2D eigenvalue weighted by Crippen LogP contribution is 2.26. The van der Waals surface area contributed by atoms with Crippen molar-refractivity contribution in [3.63, 3.8) is 0 Å². The molecular formula is C16H17BrClN. The van der Waals surface area contributed by atoms with E-state index in [9.17, 15) is 0 Å². The quantitative estimate of drug-likeness (QED) is 0.755. The lowest BCUT2D eigenvalue weighted by atomic mass is 10.1. The van der Waals surface area contributed by atoms with Gasteiger partial charge in [0, 0.05) is 10.5 Å². The molecule has 0 radical (unpaired) electrons. The highest BCUT2D eigenvalue weighted by molar-refractivity contribution is 9.10. The highest BCUT2D eigenvalue weighted by atomic mass is 79.9. The predicted molar refractivity (Wildman–Crippen MR) is 87.0 cm³/mol. The van der Waals surface area contributed by atoms with Crippen molar-refractivity contribution in [2.45, 2.75) is 25.8 Å². The van der Waals surface area contributed by atoms with Gasteiger partial charge in [0.15, 0.2) is 0 Å². The second-order valence-electron chi connectivity index (χ2n) is 4.69. The number of benzene rings is 2. The first kappa shape index (κ1) is 14.4. The zero-order valence-corrected chi connectivity index (χ0v) is 13.2. The van der Waals surface area contributed by atoms with E-state index in [4.69, 9.17) is 11.6 Å². The van der Waals surface area contributed by atoms with Gasteiger partial charge in [0.25, 0.3) is 0 Å². The van der Waals surface area contributed by atoms with Crippen LogP contribution in [0.2, 0.25) is 5.02 Å². The first-order chi connectivity index (χ1) is 9.15. The van der Waals surface area contributed by atoms with Gasteiger partial charge in [0.1, 0.15) is 0 Å². The van der Waals surface area contributed by atoms with Crippen LogP contribution in [0, 0.1) is 0 Å². The minimum absolute atomic E-state index is 0.381. The number of halogens is 2. The van der Waals surface area contributed by atoms with Crippen molar-refractivity contribution in [1.82, 2.24) is 0 Å². The van der Waals surface area contributed by atoms with E-state index in [1.807, 2.05) is 24.3 Å². The molecule has 0 aliphatic carbocycles. The molecule has 0 fully saturated rings. The number of hydrogen-bond acceptors (Lipinski definition) is 1. The molecule has 0 aliphatic heterocycles. The average molecular weight is 339 g/mol. The molecule has 2 aromatic carbocycles. The summed E-state index contributed by atoms with van der Waals surface area (Å²) in [5.74, 6) is 0. The normalized spacial score (nSPS) is 12.2. The van der Waals surface area contributed by atoms with E-state index >= 15 is 0 Å². The largest absolute Gasteiger partial charge is 0.381 e. The summed E-state index contributed by atoms with van der Waals surface area (Å²) < 4.78 is 1.04. The van der Waals surface area contributed by atoms with E-state index in [-0.39, 0.29) is 0 Å². The summed E-state index contributed by atoms with van der Waals surface area (Å²) in [7, 11) is 0. The molecule has 0 amide bonds. The van der Waals surface area contributed by atoms with E-state index < -0.39 is 0 Å². The minimum atomic E-state index is 0.381. The molecule has 0 heterocycles. The fraction of sp³-hybridized carbons (Fsp3) is 0.250. The zero-order valence-electron chi connectivity index (χ0n) is 10.9. The molecule has 19 heavy (non-hydrogen) atoms. The van der Waals surface area contributed by atoms with Crippen molar-refractivity contribution >= 4 is 33.2 Å². The van der Waals surface area contributed by atoms with Gasteiger partial charge >= 0.3 is 0 Å². The SMILES string of the molecule is CC(CCc1ccccc1)Nc1cc(Br)ccc1Cl. The molecule has 3 heteroatoms. The fourth-order valence-electron chi connectivity index (χ4n) is 1.97. The van der Waals surface area contributed by atoms with Crippen molar-refractivity contribution in [2.24, 2.45) is 0 Å². The molecule has 0 aliphatic rings. The fourth-order valence-corrected chi connectivity index (χ4v) is 2.51. The molecule has 2 aromatic rings. The summed E-state index contributed by atoms with van der Waals surface area (Å²) >= 11 is 9.64. The van der Waals surface area contributed by atoms with E-state index in [0.717, 1.165) is 28.0 Å². The van der Waals surface area contributed by atoms with Gasteiger partial charge in [0.05, 0.1) is 10.7 Å². The van der Waals surface area contributed by atoms with Crippen LogP contribution < -0.4 is 5.32 Å². The van der Waals surface area contributed by atoms with Gasteiger partial charge in [-0.25, -0.2) is 0 Å². The molecule has 1 atom stereocenters. The maximum absolute atomic E-state index is 6.17. The van der Waals surface area contributed by atoms with Gasteiger partial charge in [-0.1, -0.05) is 57.9 Å². The van der Waals surface area contributed by atoms with Crippen molar-refractivity contribution < 1.29 is 0 Å². The predicted octanol–water partition coefficient (Wildman–Crippen LogP) is 5.54. The van der Waals surface area contributed by atoms with Gasteiger partial charge < -0.3 is 5.32 Å². The van der Waals surface area contributed by atoms with Gasteiger partial charge in [-0.2, -0.15) is 0 Å². The van der Waals surface area contributed by atoms with Crippen molar-refractivity contribution in [2.75, 3.05) is 5.32 Å². The Hall–Kier alpha value is -0.990. The molecule has 0 saturated heterocycles. The monoisotopic (exact) mass is 337 g/mol. The van der Waals surface area contributed by atoms with Gasteiger partial charge in [-0.3, -0.25) is 0 Å². The van der Waals surface area contributed by atoms with Crippen LogP contribution in [0.1, 0.15) is 18.9 Å². The van der Waals surface area contributed by atoms with Crippen molar-refractivity contribution in [3.05, 3.63) is 63.6 Å². The summed E-state index contributed by atoms with van der Waals surface area (Å²) in [6.45, 7) is 2.18. The summed E-state index contributed by atoms with van der Waals surface area (Å²) in [6, 6.07) is 16.8. The molecule has 0 spiro atoms. The third kappa shape index (κ3) is 4.55. The Kier molecular flexibility index (Phi) is 5.29. The molecule has 1 N–H and O–H groups in total. The van der Waals surface area contributed by atoms with E-state index in [1.165, 1.54) is 5.56 Å². The van der Waals surface area contributed by atoms with Gasteiger partial charge in [-0.15, -0.1) is 0 Å². The Morgan fingerprint density at radius 3 is 2.63 bits per heavy atom. The molecule has 0 saturated carbocycles. The van der Waals surface area contributed by atoms with Gasteiger partial charge in [-0.05, 0) is 43.5 Å². The Morgan fingerprint density at radius 1 is 1.16 bits per heavy atom. The van der Waals surface area contributed by atoms with Crippen LogP contribution in [-0.2, 0) is 6.42 Å². The summed E-state index contributed by atoms with van der Waals surface area (Å²) in [5.41, 5.74) is 2.35. The van der Waals surface area contributed by atoms with Crippen molar-refractivity contribution in [3.8, 4) is 0 Å². The summed E-state index contributed by atoms with van der Waals surface area (Å²) in [6.07, 6.45) is 2.15. The van der Waals surface area contributed by atoms with Crippen molar-refractivity contribution in [1.29, 1.82) is 0 Å². The number of rotatable bonds is 5. The van der Waals surface area contributed by atoms with Crippen LogP contribution >= 0.6 is 27.5 Å². The number of aryl methyl sites for hydroxylation is 1. The lowest BCUT2D eigenvalue weighted by molar-refractivity contribution is 0.706. The van der Waals surface area contributed by atoms with E-state index in [1.54, 1.807) is 0 Å². The Morgan fingerprint density at radius 2 is 1.89 bits per heavy atom. The molecule has 0 aromatic heterocycles. The number of anilines is 1. The molecule has 0 bridgehead atoms. The molecule has 1 nitrogen and oxygen atoms in total. The first-order valence-corrected chi connectivity index (χ1v) is 7.58. The molecular weight excluding hydrogens is 322 g/mol.